The highest BCUT2D eigenvalue weighted by Gasteiger charge is 2.51. The number of rotatable bonds is 48. The molecule has 0 spiro atoms. The summed E-state index contributed by atoms with van der Waals surface area (Å²) in [4.78, 5) is 13.2. The van der Waals surface area contributed by atoms with Crippen molar-refractivity contribution in [2.45, 2.75) is 325 Å². The molecule has 2 heterocycles. The fourth-order valence-corrected chi connectivity index (χ4v) is 9.99. The van der Waals surface area contributed by atoms with Crippen LogP contribution in [-0.2, 0) is 23.7 Å². The number of hydrogen-bond donors (Lipinski definition) is 9. The number of ether oxygens (including phenoxy) is 4. The molecule has 14 heteroatoms. The Kier molecular flexibility index (Phi) is 42.1. The van der Waals surface area contributed by atoms with E-state index < -0.39 is 86.8 Å². The van der Waals surface area contributed by atoms with Crippen molar-refractivity contribution in [1.29, 1.82) is 0 Å². The van der Waals surface area contributed by atoms with Crippen LogP contribution in [0.5, 0.6) is 0 Å². The van der Waals surface area contributed by atoms with Gasteiger partial charge in [0.15, 0.2) is 12.6 Å². The molecule has 430 valence electrons. The minimum absolute atomic E-state index is 0.237. The summed E-state index contributed by atoms with van der Waals surface area (Å²) in [6.07, 6.45) is 36.5. The van der Waals surface area contributed by atoms with E-state index in [1.807, 2.05) is 6.08 Å². The Hall–Kier alpha value is -1.53. The van der Waals surface area contributed by atoms with Crippen LogP contribution in [0.4, 0.5) is 0 Å². The number of hydrogen-bond acceptors (Lipinski definition) is 13. The Bertz CT molecular complexity index is 1320. The van der Waals surface area contributed by atoms with E-state index in [9.17, 15) is 45.6 Å². The normalized spacial score (nSPS) is 25.5. The fraction of sp³-hybridized carbons (Fsp3) is 0.915. The largest absolute Gasteiger partial charge is 0.394 e. The molecule has 14 nitrogen and oxygen atoms in total. The third kappa shape index (κ3) is 31.5. The molecule has 2 aliphatic heterocycles. The van der Waals surface area contributed by atoms with Crippen molar-refractivity contribution in [2.75, 3.05) is 19.8 Å². The average Bonchev–Trinajstić information content (AvgIpc) is 3.39. The van der Waals surface area contributed by atoms with E-state index in [0.717, 1.165) is 38.5 Å². The summed E-state index contributed by atoms with van der Waals surface area (Å²) in [6, 6.07) is -0.911. The average molecular weight is 1040 g/mol. The van der Waals surface area contributed by atoms with E-state index in [1.54, 1.807) is 6.08 Å². The quantitative estimate of drug-likeness (QED) is 0.0204. The van der Waals surface area contributed by atoms with Crippen molar-refractivity contribution < 1.29 is 64.6 Å². The van der Waals surface area contributed by atoms with Gasteiger partial charge in [-0.15, -0.1) is 0 Å². The molecule has 2 fully saturated rings. The summed E-state index contributed by atoms with van der Waals surface area (Å²) >= 11 is 0. The number of aliphatic hydroxyl groups excluding tert-OH is 8. The lowest BCUT2D eigenvalue weighted by atomic mass is 9.97. The van der Waals surface area contributed by atoms with Crippen LogP contribution in [0.25, 0.3) is 0 Å². The number of carbonyl (C=O) groups excluding carboxylic acids is 1. The highest BCUT2D eigenvalue weighted by atomic mass is 16.7. The molecule has 12 unspecified atom stereocenters. The molecule has 2 rings (SSSR count). The molecule has 0 bridgehead atoms. The van der Waals surface area contributed by atoms with E-state index in [1.165, 1.54) is 186 Å². The fourth-order valence-electron chi connectivity index (χ4n) is 9.99. The number of amides is 1. The van der Waals surface area contributed by atoms with Gasteiger partial charge in [0.1, 0.15) is 48.8 Å². The molecule has 0 aromatic carbocycles. The lowest BCUT2D eigenvalue weighted by molar-refractivity contribution is -0.359. The molecule has 0 saturated carbocycles. The van der Waals surface area contributed by atoms with Gasteiger partial charge >= 0.3 is 0 Å². The van der Waals surface area contributed by atoms with Crippen LogP contribution in [0.15, 0.2) is 24.3 Å². The van der Waals surface area contributed by atoms with Gasteiger partial charge in [0.05, 0.1) is 32.0 Å². The van der Waals surface area contributed by atoms with Gasteiger partial charge in [0, 0.05) is 6.42 Å². The zero-order chi connectivity index (χ0) is 53.2. The molecule has 9 N–H and O–H groups in total. The van der Waals surface area contributed by atoms with Crippen molar-refractivity contribution in [3.05, 3.63) is 24.3 Å². The molecular weight excluding hydrogens is 931 g/mol. The Morgan fingerprint density at radius 2 is 0.863 bits per heavy atom. The predicted octanol–water partition coefficient (Wildman–Crippen LogP) is 10.1. The molecule has 0 aromatic rings. The minimum Gasteiger partial charge on any atom is -0.394 e. The van der Waals surface area contributed by atoms with Crippen molar-refractivity contribution in [2.24, 2.45) is 0 Å². The molecule has 2 saturated heterocycles. The number of unbranched alkanes of at least 4 members (excludes halogenated alkanes) is 33. The molecular formula is C59H111NO13. The highest BCUT2D eigenvalue weighted by Crippen LogP contribution is 2.30. The molecule has 12 atom stereocenters. The van der Waals surface area contributed by atoms with Crippen molar-refractivity contribution in [3.8, 4) is 0 Å². The van der Waals surface area contributed by atoms with Crippen LogP contribution < -0.4 is 5.32 Å². The van der Waals surface area contributed by atoms with E-state index in [4.69, 9.17) is 18.9 Å². The predicted molar refractivity (Wildman–Crippen MR) is 291 cm³/mol. The number of allylic oxidation sites excluding steroid dienone is 3. The van der Waals surface area contributed by atoms with E-state index >= 15 is 0 Å². The van der Waals surface area contributed by atoms with Gasteiger partial charge in [0.25, 0.3) is 0 Å². The maximum absolute atomic E-state index is 13.2. The van der Waals surface area contributed by atoms with Gasteiger partial charge < -0.3 is 65.1 Å². The maximum Gasteiger partial charge on any atom is 0.220 e. The Morgan fingerprint density at radius 3 is 1.30 bits per heavy atom. The van der Waals surface area contributed by atoms with Gasteiger partial charge in [-0.25, -0.2) is 0 Å². The van der Waals surface area contributed by atoms with Crippen LogP contribution in [0.3, 0.4) is 0 Å². The lowest BCUT2D eigenvalue weighted by Crippen LogP contribution is -2.65. The summed E-state index contributed by atoms with van der Waals surface area (Å²) in [6.45, 7) is 2.81. The molecule has 2 aliphatic rings. The van der Waals surface area contributed by atoms with E-state index in [0.29, 0.717) is 6.42 Å². The van der Waals surface area contributed by atoms with Gasteiger partial charge in [-0.3, -0.25) is 4.79 Å². The lowest BCUT2D eigenvalue weighted by Gasteiger charge is -2.46. The second-order valence-electron chi connectivity index (χ2n) is 21.5. The van der Waals surface area contributed by atoms with Crippen LogP contribution in [-0.4, -0.2) is 140 Å². The summed E-state index contributed by atoms with van der Waals surface area (Å²) < 4.78 is 22.8. The zero-order valence-electron chi connectivity index (χ0n) is 46.1. The first-order valence-corrected chi connectivity index (χ1v) is 30.1. The SMILES string of the molecule is CCCCCCCCCC/C=C\CCCCCCCCCCCCCCCC(=O)NC(COC1OC(CO)C(OC2OC(CO)C(O)C(O)C2O)C(O)C1O)C(O)/C=C/CCCCCCCCCCCCCC. The monoisotopic (exact) mass is 1040 g/mol. The Balaban J connectivity index is 1.72. The molecule has 0 aliphatic carbocycles. The Morgan fingerprint density at radius 1 is 0.479 bits per heavy atom. The minimum atomic E-state index is -1.79. The second-order valence-corrected chi connectivity index (χ2v) is 21.5. The zero-order valence-corrected chi connectivity index (χ0v) is 46.1. The summed E-state index contributed by atoms with van der Waals surface area (Å²) in [5.74, 6) is -0.237. The van der Waals surface area contributed by atoms with Crippen molar-refractivity contribution >= 4 is 5.91 Å². The number of nitrogens with one attached hydrogen (secondary N) is 1. The second kappa shape index (κ2) is 45.5. The molecule has 1 amide bonds. The maximum atomic E-state index is 13.2. The summed E-state index contributed by atoms with van der Waals surface area (Å²) in [5.41, 5.74) is 0. The van der Waals surface area contributed by atoms with Crippen LogP contribution in [0.2, 0.25) is 0 Å². The van der Waals surface area contributed by atoms with E-state index in [2.05, 4.69) is 31.3 Å². The first kappa shape index (κ1) is 67.6. The van der Waals surface area contributed by atoms with E-state index in [-0.39, 0.29) is 18.9 Å². The number of aliphatic hydroxyl groups is 8. The van der Waals surface area contributed by atoms with Gasteiger partial charge in [0.2, 0.25) is 5.91 Å². The summed E-state index contributed by atoms with van der Waals surface area (Å²) in [7, 11) is 0. The highest BCUT2D eigenvalue weighted by molar-refractivity contribution is 5.76. The molecule has 0 aromatic heterocycles. The first-order chi connectivity index (χ1) is 35.6. The topological polar surface area (TPSA) is 228 Å². The standard InChI is InChI=1S/C59H111NO13/c1-3-5-7-9-11-13-15-17-19-20-21-22-23-24-25-26-27-28-29-31-33-35-37-39-41-43-51(64)60-47(48(63)42-40-38-36-34-32-30-18-16-14-12-10-8-6-4-2)46-70-58-56(69)54(67)57(50(45-62)72-58)73-59-55(68)53(66)52(65)49(44-61)71-59/h20-21,40,42,47-50,52-59,61-63,65-69H,3-19,22-39,41,43-46H2,1-2H3,(H,60,64)/b21-20-,42-40+. The number of carbonyl (C=O) groups is 1. The Labute approximate surface area is 443 Å². The van der Waals surface area contributed by atoms with Crippen LogP contribution in [0, 0.1) is 0 Å². The van der Waals surface area contributed by atoms with Crippen LogP contribution >= 0.6 is 0 Å². The smallest absolute Gasteiger partial charge is 0.220 e. The van der Waals surface area contributed by atoms with Gasteiger partial charge in [-0.1, -0.05) is 224 Å². The van der Waals surface area contributed by atoms with Gasteiger partial charge in [-0.05, 0) is 44.9 Å². The molecule has 73 heavy (non-hydrogen) atoms. The van der Waals surface area contributed by atoms with Crippen molar-refractivity contribution in [1.82, 2.24) is 5.32 Å². The van der Waals surface area contributed by atoms with Crippen LogP contribution in [0.1, 0.15) is 251 Å². The molecule has 0 radical (unpaired) electrons. The third-order valence-electron chi connectivity index (χ3n) is 14.9. The first-order valence-electron chi connectivity index (χ1n) is 30.1. The van der Waals surface area contributed by atoms with Gasteiger partial charge in [-0.2, -0.15) is 0 Å². The third-order valence-corrected chi connectivity index (χ3v) is 14.9. The van der Waals surface area contributed by atoms with Crippen molar-refractivity contribution in [3.63, 3.8) is 0 Å². The summed E-state index contributed by atoms with van der Waals surface area (Å²) in [5, 5.41) is 87.0.